The second-order valence-electron chi connectivity index (χ2n) is 7.27. The number of nitrogens with one attached hydrogen (secondary N) is 1. The number of nitrogens with zero attached hydrogens (tertiary/aromatic N) is 5. The SMILES string of the molecule is Cc1cccc(Cc2nnc(NC(=O)c3cn(C4CCC(N)CC4)nn3)s2)c1.Cl. The van der Waals surface area contributed by atoms with Crippen molar-refractivity contribution in [3.63, 3.8) is 0 Å². The number of hydrogen-bond donors (Lipinski definition) is 2. The lowest BCUT2D eigenvalue weighted by Crippen LogP contribution is -2.28. The Hall–Kier alpha value is -2.36. The van der Waals surface area contributed by atoms with Crippen molar-refractivity contribution in [2.45, 2.75) is 51.1 Å². The van der Waals surface area contributed by atoms with Crippen molar-refractivity contribution >= 4 is 34.8 Å². The van der Waals surface area contributed by atoms with Crippen molar-refractivity contribution in [1.29, 1.82) is 0 Å². The molecule has 1 saturated carbocycles. The van der Waals surface area contributed by atoms with Crippen molar-refractivity contribution in [1.82, 2.24) is 25.2 Å². The molecule has 3 N–H and O–H groups in total. The van der Waals surface area contributed by atoms with Crippen LogP contribution in [-0.2, 0) is 6.42 Å². The Kier molecular flexibility index (Phi) is 6.94. The lowest BCUT2D eigenvalue weighted by molar-refractivity contribution is 0.102. The van der Waals surface area contributed by atoms with E-state index in [0.29, 0.717) is 11.6 Å². The van der Waals surface area contributed by atoms with E-state index in [1.165, 1.54) is 22.5 Å². The van der Waals surface area contributed by atoms with Crippen LogP contribution in [0.1, 0.15) is 58.3 Å². The summed E-state index contributed by atoms with van der Waals surface area (Å²) in [6.45, 7) is 2.06. The van der Waals surface area contributed by atoms with Gasteiger partial charge in [-0.15, -0.1) is 27.7 Å². The number of aryl methyl sites for hydroxylation is 1. The van der Waals surface area contributed by atoms with Gasteiger partial charge in [-0.3, -0.25) is 10.1 Å². The third-order valence-electron chi connectivity index (χ3n) is 4.98. The first-order chi connectivity index (χ1) is 13.6. The molecular weight excluding hydrogens is 410 g/mol. The van der Waals surface area contributed by atoms with Gasteiger partial charge in [0.2, 0.25) is 5.13 Å². The van der Waals surface area contributed by atoms with E-state index in [0.717, 1.165) is 30.7 Å². The number of amides is 1. The quantitative estimate of drug-likeness (QED) is 0.639. The zero-order valence-electron chi connectivity index (χ0n) is 16.1. The number of halogens is 1. The first kappa shape index (κ1) is 21.4. The van der Waals surface area contributed by atoms with Crippen LogP contribution in [-0.4, -0.2) is 37.1 Å². The zero-order valence-corrected chi connectivity index (χ0v) is 17.7. The Labute approximate surface area is 179 Å². The second-order valence-corrected chi connectivity index (χ2v) is 8.34. The highest BCUT2D eigenvalue weighted by Crippen LogP contribution is 2.27. The van der Waals surface area contributed by atoms with Crippen LogP contribution in [0.15, 0.2) is 30.5 Å². The van der Waals surface area contributed by atoms with Crippen LogP contribution >= 0.6 is 23.7 Å². The predicted molar refractivity (Wildman–Crippen MR) is 115 cm³/mol. The molecule has 29 heavy (non-hydrogen) atoms. The predicted octanol–water partition coefficient (Wildman–Crippen LogP) is 3.15. The van der Waals surface area contributed by atoms with Crippen molar-refractivity contribution in [3.8, 4) is 0 Å². The Morgan fingerprint density at radius 2 is 2.03 bits per heavy atom. The van der Waals surface area contributed by atoms with Gasteiger partial charge in [-0.2, -0.15) is 0 Å². The summed E-state index contributed by atoms with van der Waals surface area (Å²) in [5.41, 5.74) is 8.61. The summed E-state index contributed by atoms with van der Waals surface area (Å²) in [6, 6.07) is 8.80. The third kappa shape index (κ3) is 5.37. The Morgan fingerprint density at radius 1 is 1.24 bits per heavy atom. The summed E-state index contributed by atoms with van der Waals surface area (Å²) in [5.74, 6) is -0.322. The fourth-order valence-corrected chi connectivity index (χ4v) is 4.23. The molecule has 2 aromatic heterocycles. The fourth-order valence-electron chi connectivity index (χ4n) is 3.46. The lowest BCUT2D eigenvalue weighted by Gasteiger charge is -2.25. The molecule has 2 heterocycles. The minimum absolute atomic E-state index is 0. The maximum atomic E-state index is 12.5. The number of aromatic nitrogens is 5. The molecule has 1 fully saturated rings. The van der Waals surface area contributed by atoms with E-state index in [1.807, 2.05) is 6.07 Å². The summed E-state index contributed by atoms with van der Waals surface area (Å²) >= 11 is 1.37. The number of hydrogen-bond acceptors (Lipinski definition) is 7. The lowest BCUT2D eigenvalue weighted by atomic mass is 9.92. The molecule has 0 spiro atoms. The van der Waals surface area contributed by atoms with Crippen LogP contribution < -0.4 is 11.1 Å². The first-order valence-electron chi connectivity index (χ1n) is 9.43. The molecule has 8 nitrogen and oxygen atoms in total. The smallest absolute Gasteiger partial charge is 0.279 e. The number of rotatable bonds is 5. The molecule has 0 radical (unpaired) electrons. The normalized spacial score (nSPS) is 18.8. The Bertz CT molecular complexity index is 965. The maximum absolute atomic E-state index is 12.5. The molecular formula is C19H24ClN7OS. The largest absolute Gasteiger partial charge is 0.328 e. The highest BCUT2D eigenvalue weighted by molar-refractivity contribution is 7.15. The molecule has 4 rings (SSSR count). The monoisotopic (exact) mass is 433 g/mol. The molecule has 10 heteroatoms. The van der Waals surface area contributed by atoms with Gasteiger partial charge >= 0.3 is 0 Å². The van der Waals surface area contributed by atoms with E-state index in [9.17, 15) is 4.79 Å². The fraction of sp³-hybridized carbons (Fsp3) is 0.421. The first-order valence-corrected chi connectivity index (χ1v) is 10.2. The molecule has 0 bridgehead atoms. The molecule has 154 valence electrons. The van der Waals surface area contributed by atoms with Gasteiger partial charge in [0.25, 0.3) is 5.91 Å². The van der Waals surface area contributed by atoms with E-state index in [1.54, 1.807) is 10.9 Å². The van der Waals surface area contributed by atoms with E-state index >= 15 is 0 Å². The van der Waals surface area contributed by atoms with Crippen LogP contribution in [0.2, 0.25) is 0 Å². The Balaban J connectivity index is 0.00000240. The number of nitrogens with two attached hydrogens (primary N) is 1. The summed E-state index contributed by atoms with van der Waals surface area (Å²) in [4.78, 5) is 12.5. The Morgan fingerprint density at radius 3 is 2.79 bits per heavy atom. The highest BCUT2D eigenvalue weighted by Gasteiger charge is 2.22. The van der Waals surface area contributed by atoms with E-state index in [2.05, 4.69) is 50.9 Å². The van der Waals surface area contributed by atoms with Crippen LogP contribution in [0.5, 0.6) is 0 Å². The zero-order chi connectivity index (χ0) is 19.5. The number of benzene rings is 1. The molecule has 0 saturated heterocycles. The molecule has 1 amide bonds. The summed E-state index contributed by atoms with van der Waals surface area (Å²) < 4.78 is 1.78. The van der Waals surface area contributed by atoms with Gasteiger partial charge in [-0.25, -0.2) is 4.68 Å². The van der Waals surface area contributed by atoms with E-state index in [4.69, 9.17) is 5.73 Å². The highest BCUT2D eigenvalue weighted by atomic mass is 35.5. The molecule has 0 atom stereocenters. The molecule has 0 aliphatic heterocycles. The molecule has 3 aromatic rings. The average Bonchev–Trinajstić information content (AvgIpc) is 3.32. The van der Waals surface area contributed by atoms with Crippen molar-refractivity contribution in [2.24, 2.45) is 5.73 Å². The van der Waals surface area contributed by atoms with Gasteiger partial charge in [0.05, 0.1) is 12.2 Å². The molecule has 1 aliphatic rings. The van der Waals surface area contributed by atoms with Crippen LogP contribution in [0.25, 0.3) is 0 Å². The van der Waals surface area contributed by atoms with Crippen LogP contribution in [0, 0.1) is 6.92 Å². The summed E-state index contributed by atoms with van der Waals surface area (Å²) in [6.07, 6.45) is 6.26. The number of anilines is 1. The van der Waals surface area contributed by atoms with Crippen LogP contribution in [0.4, 0.5) is 5.13 Å². The van der Waals surface area contributed by atoms with E-state index < -0.39 is 0 Å². The minimum Gasteiger partial charge on any atom is -0.328 e. The maximum Gasteiger partial charge on any atom is 0.279 e. The van der Waals surface area contributed by atoms with Crippen LogP contribution in [0.3, 0.4) is 0 Å². The number of carbonyl (C=O) groups excluding carboxylic acids is 1. The minimum atomic E-state index is -0.322. The second kappa shape index (κ2) is 9.43. The molecule has 0 unspecified atom stereocenters. The van der Waals surface area contributed by atoms with Crippen molar-refractivity contribution in [2.75, 3.05) is 5.32 Å². The van der Waals surface area contributed by atoms with Gasteiger partial charge in [0, 0.05) is 12.5 Å². The average molecular weight is 434 g/mol. The van der Waals surface area contributed by atoms with Gasteiger partial charge < -0.3 is 5.73 Å². The summed E-state index contributed by atoms with van der Waals surface area (Å²) in [7, 11) is 0. The standard InChI is InChI=1S/C19H23N7OS.ClH/c1-12-3-2-4-13(9-12)10-17-23-24-19(28-17)21-18(27)16-11-26(25-22-16)15-7-5-14(20)6-8-15;/h2-4,9,11,14-15H,5-8,10,20H2,1H3,(H,21,24,27);1H. The van der Waals surface area contributed by atoms with Gasteiger partial charge in [0.15, 0.2) is 5.69 Å². The number of carbonyl (C=O) groups is 1. The van der Waals surface area contributed by atoms with E-state index in [-0.39, 0.29) is 36.1 Å². The van der Waals surface area contributed by atoms with Crippen molar-refractivity contribution in [3.05, 3.63) is 52.3 Å². The van der Waals surface area contributed by atoms with Gasteiger partial charge in [-0.1, -0.05) is 46.4 Å². The van der Waals surface area contributed by atoms with Gasteiger partial charge in [0.1, 0.15) is 5.01 Å². The molecule has 1 aromatic carbocycles. The van der Waals surface area contributed by atoms with Crippen molar-refractivity contribution < 1.29 is 4.79 Å². The summed E-state index contributed by atoms with van der Waals surface area (Å²) in [5, 5.41) is 20.5. The third-order valence-corrected chi connectivity index (χ3v) is 5.82. The topological polar surface area (TPSA) is 112 Å². The molecule has 1 aliphatic carbocycles. The van der Waals surface area contributed by atoms with Gasteiger partial charge in [-0.05, 0) is 38.2 Å².